The van der Waals surface area contributed by atoms with E-state index >= 15 is 0 Å². The Balaban J connectivity index is 1.48. The zero-order chi connectivity index (χ0) is 20.9. The highest BCUT2D eigenvalue weighted by atomic mass is 32.1. The highest BCUT2D eigenvalue weighted by Gasteiger charge is 2.08. The Labute approximate surface area is 180 Å². The van der Waals surface area contributed by atoms with Gasteiger partial charge in [-0.15, -0.1) is 11.3 Å². The minimum absolute atomic E-state index is 0.292. The summed E-state index contributed by atoms with van der Waals surface area (Å²) in [5.41, 5.74) is 3.32. The second-order valence-corrected chi connectivity index (χ2v) is 8.39. The van der Waals surface area contributed by atoms with E-state index in [-0.39, 0.29) is 5.82 Å². The van der Waals surface area contributed by atoms with E-state index in [1.807, 2.05) is 25.1 Å². The fourth-order valence-corrected chi connectivity index (χ4v) is 4.52. The number of hydrogen-bond acceptors (Lipinski definition) is 3. The molecule has 30 heavy (non-hydrogen) atoms. The van der Waals surface area contributed by atoms with Gasteiger partial charge in [-0.2, -0.15) is 0 Å². The summed E-state index contributed by atoms with van der Waals surface area (Å²) in [4.78, 5) is 1.07. The van der Waals surface area contributed by atoms with Gasteiger partial charge in [0.05, 0.1) is 6.61 Å². The summed E-state index contributed by atoms with van der Waals surface area (Å²) in [6.45, 7) is 5.10. The van der Waals surface area contributed by atoms with Crippen molar-refractivity contribution in [3.63, 3.8) is 0 Å². The Morgan fingerprint density at radius 3 is 2.37 bits per heavy atom. The van der Waals surface area contributed by atoms with E-state index in [4.69, 9.17) is 9.47 Å². The molecular formula is C26H25FO2S. The summed E-state index contributed by atoms with van der Waals surface area (Å²) in [5.74, 6) is 0.898. The molecule has 0 radical (unpaired) electrons. The van der Waals surface area contributed by atoms with Crippen LogP contribution in [0.15, 0.2) is 66.7 Å². The Hall–Kier alpha value is -2.85. The molecule has 0 aliphatic heterocycles. The normalized spacial score (nSPS) is 11.0. The third-order valence-corrected chi connectivity index (χ3v) is 6.05. The molecule has 3 aromatic carbocycles. The van der Waals surface area contributed by atoms with Gasteiger partial charge in [0.15, 0.2) is 11.6 Å². The molecule has 0 bridgehead atoms. The molecule has 0 spiro atoms. The number of thiophene rings is 1. The molecule has 0 fully saturated rings. The van der Waals surface area contributed by atoms with E-state index in [1.165, 1.54) is 10.1 Å². The topological polar surface area (TPSA) is 18.5 Å². The molecule has 0 saturated heterocycles. The second kappa shape index (κ2) is 9.31. The smallest absolute Gasteiger partial charge is 0.165 e. The quantitative estimate of drug-likeness (QED) is 0.292. The van der Waals surface area contributed by atoms with E-state index in [0.29, 0.717) is 19.0 Å². The number of rotatable bonds is 8. The average Bonchev–Trinajstić information content (AvgIpc) is 3.16. The van der Waals surface area contributed by atoms with Crippen LogP contribution in [0.2, 0.25) is 0 Å². The number of ether oxygens (including phenoxy) is 2. The lowest BCUT2D eigenvalue weighted by Crippen LogP contribution is -1.96. The van der Waals surface area contributed by atoms with Crippen molar-refractivity contribution in [2.75, 3.05) is 6.61 Å². The van der Waals surface area contributed by atoms with Gasteiger partial charge in [-0.3, -0.25) is 0 Å². The summed E-state index contributed by atoms with van der Waals surface area (Å²) in [6.07, 6.45) is 1.88. The van der Waals surface area contributed by atoms with Gasteiger partial charge in [0.25, 0.3) is 0 Å². The molecule has 0 N–H and O–H groups in total. The lowest BCUT2D eigenvalue weighted by atomic mass is 10.0. The van der Waals surface area contributed by atoms with Crippen LogP contribution in [0.3, 0.4) is 0 Å². The van der Waals surface area contributed by atoms with Crippen molar-refractivity contribution in [3.8, 4) is 22.6 Å². The van der Waals surface area contributed by atoms with Crippen molar-refractivity contribution in [1.82, 2.24) is 0 Å². The summed E-state index contributed by atoms with van der Waals surface area (Å²) >= 11 is 1.68. The minimum Gasteiger partial charge on any atom is -0.494 e. The predicted molar refractivity (Wildman–Crippen MR) is 123 cm³/mol. The average molecular weight is 421 g/mol. The number of hydrogen-bond donors (Lipinski definition) is 0. The molecule has 0 atom stereocenters. The maximum Gasteiger partial charge on any atom is 0.165 e. The van der Waals surface area contributed by atoms with Crippen molar-refractivity contribution < 1.29 is 13.9 Å². The Morgan fingerprint density at radius 1 is 0.833 bits per heavy atom. The zero-order valence-corrected chi connectivity index (χ0v) is 18.1. The van der Waals surface area contributed by atoms with Crippen LogP contribution in [0.25, 0.3) is 21.2 Å². The number of aryl methyl sites for hydroxylation is 1. The monoisotopic (exact) mass is 420 g/mol. The first kappa shape index (κ1) is 20.4. The molecule has 0 aliphatic carbocycles. The first-order chi connectivity index (χ1) is 14.7. The van der Waals surface area contributed by atoms with E-state index in [1.54, 1.807) is 23.5 Å². The van der Waals surface area contributed by atoms with Gasteiger partial charge in [0.2, 0.25) is 0 Å². The summed E-state index contributed by atoms with van der Waals surface area (Å²) < 4.78 is 26.7. The van der Waals surface area contributed by atoms with E-state index in [0.717, 1.165) is 40.2 Å². The zero-order valence-electron chi connectivity index (χ0n) is 17.3. The molecule has 4 aromatic rings. The van der Waals surface area contributed by atoms with Crippen molar-refractivity contribution in [2.24, 2.45) is 0 Å². The maximum absolute atomic E-state index is 14.3. The first-order valence-electron chi connectivity index (χ1n) is 10.3. The van der Waals surface area contributed by atoms with E-state index < -0.39 is 0 Å². The fourth-order valence-electron chi connectivity index (χ4n) is 3.50. The third kappa shape index (κ3) is 4.65. The van der Waals surface area contributed by atoms with Gasteiger partial charge in [0, 0.05) is 9.58 Å². The molecule has 4 rings (SSSR count). The molecule has 0 aliphatic rings. The van der Waals surface area contributed by atoms with Gasteiger partial charge in [-0.25, -0.2) is 4.39 Å². The number of benzene rings is 3. The van der Waals surface area contributed by atoms with Crippen LogP contribution in [0.4, 0.5) is 4.39 Å². The number of halogens is 1. The second-order valence-electron chi connectivity index (χ2n) is 7.23. The number of fused-ring (bicyclic) bond motifs is 1. The van der Waals surface area contributed by atoms with Crippen LogP contribution in [-0.4, -0.2) is 6.61 Å². The lowest BCUT2D eigenvalue weighted by molar-refractivity contribution is 0.293. The fraction of sp³-hybridized carbons (Fsp3) is 0.231. The SMILES string of the molecule is CCCc1ccc(OCc2cc3ccc(-c4ccc(OCC)cc4)cc3s2)c(F)c1. The Morgan fingerprint density at radius 2 is 1.63 bits per heavy atom. The van der Waals surface area contributed by atoms with Gasteiger partial charge >= 0.3 is 0 Å². The predicted octanol–water partition coefficient (Wildman–Crippen LogP) is 7.64. The van der Waals surface area contributed by atoms with Crippen LogP contribution in [0.5, 0.6) is 11.5 Å². The van der Waals surface area contributed by atoms with Gasteiger partial charge in [-0.1, -0.05) is 43.7 Å². The minimum atomic E-state index is -0.292. The van der Waals surface area contributed by atoms with Gasteiger partial charge < -0.3 is 9.47 Å². The third-order valence-electron chi connectivity index (χ3n) is 4.97. The largest absolute Gasteiger partial charge is 0.494 e. The molecule has 0 saturated carbocycles. The first-order valence-corrected chi connectivity index (χ1v) is 11.1. The van der Waals surface area contributed by atoms with E-state index in [9.17, 15) is 4.39 Å². The van der Waals surface area contributed by atoms with Crippen molar-refractivity contribution in [1.29, 1.82) is 0 Å². The molecule has 4 heteroatoms. The maximum atomic E-state index is 14.3. The Bertz CT molecular complexity index is 1130. The van der Waals surface area contributed by atoms with Crippen molar-refractivity contribution >= 4 is 21.4 Å². The molecule has 1 aromatic heterocycles. The van der Waals surface area contributed by atoms with Crippen LogP contribution < -0.4 is 9.47 Å². The molecule has 2 nitrogen and oxygen atoms in total. The molecule has 0 unspecified atom stereocenters. The summed E-state index contributed by atoms with van der Waals surface area (Å²) in [7, 11) is 0. The van der Waals surface area contributed by atoms with E-state index in [2.05, 4.69) is 43.3 Å². The standard InChI is InChI=1S/C26H25FO2S/c1-3-5-18-6-13-25(24(27)14-18)29-17-23-15-21-8-7-20(16-26(21)30-23)19-9-11-22(12-10-19)28-4-2/h6-16H,3-5,17H2,1-2H3. The molecule has 154 valence electrons. The highest BCUT2D eigenvalue weighted by molar-refractivity contribution is 7.19. The summed E-state index contributed by atoms with van der Waals surface area (Å²) in [5, 5.41) is 1.17. The van der Waals surface area contributed by atoms with Crippen molar-refractivity contribution in [2.45, 2.75) is 33.3 Å². The molecular weight excluding hydrogens is 395 g/mol. The molecule has 0 amide bonds. The van der Waals surface area contributed by atoms with Gasteiger partial charge in [-0.05, 0) is 71.8 Å². The van der Waals surface area contributed by atoms with Crippen LogP contribution in [0, 0.1) is 5.82 Å². The highest BCUT2D eigenvalue weighted by Crippen LogP contribution is 2.32. The summed E-state index contributed by atoms with van der Waals surface area (Å²) in [6, 6.07) is 22.0. The Kier molecular flexibility index (Phi) is 6.34. The lowest BCUT2D eigenvalue weighted by Gasteiger charge is -2.07. The van der Waals surface area contributed by atoms with Crippen LogP contribution in [0.1, 0.15) is 30.7 Å². The van der Waals surface area contributed by atoms with Crippen LogP contribution in [-0.2, 0) is 13.0 Å². The molecule has 1 heterocycles. The van der Waals surface area contributed by atoms with Crippen molar-refractivity contribution in [3.05, 3.63) is 83.0 Å². The van der Waals surface area contributed by atoms with Gasteiger partial charge in [0.1, 0.15) is 12.4 Å². The van der Waals surface area contributed by atoms with Crippen LogP contribution >= 0.6 is 11.3 Å².